The lowest BCUT2D eigenvalue weighted by molar-refractivity contribution is -0.135. The zero-order valence-electron chi connectivity index (χ0n) is 8.04. The minimum absolute atomic E-state index is 0.0382. The molecule has 0 saturated carbocycles. The summed E-state index contributed by atoms with van der Waals surface area (Å²) in [6.45, 7) is 0. The molecular weight excluding hydrogens is 232 g/mol. The monoisotopic (exact) mass is 240 g/mol. The van der Waals surface area contributed by atoms with Gasteiger partial charge in [0.1, 0.15) is 5.75 Å². The number of aliphatic carboxylic acids is 1. The van der Waals surface area contributed by atoms with Crippen LogP contribution in [-0.4, -0.2) is 24.6 Å². The van der Waals surface area contributed by atoms with Crippen LogP contribution in [0.15, 0.2) is 28.5 Å². The summed E-state index contributed by atoms with van der Waals surface area (Å²) >= 11 is 0. The van der Waals surface area contributed by atoms with Crippen LogP contribution in [0.1, 0.15) is 12.0 Å². The fraction of sp³-hybridized carbons (Fsp3) is 0.100. The molecule has 6 heteroatoms. The van der Waals surface area contributed by atoms with Crippen LogP contribution in [0.3, 0.4) is 0 Å². The fourth-order valence-corrected chi connectivity index (χ4v) is 3.17. The molecule has 5 nitrogen and oxygen atoms in total. The van der Waals surface area contributed by atoms with Crippen molar-refractivity contribution in [3.05, 3.63) is 29.2 Å². The van der Waals surface area contributed by atoms with Crippen molar-refractivity contribution >= 4 is 21.4 Å². The summed E-state index contributed by atoms with van der Waals surface area (Å²) < 4.78 is 23.2. The first-order valence-electron chi connectivity index (χ1n) is 4.41. The molecule has 0 aliphatic carbocycles. The van der Waals surface area contributed by atoms with E-state index in [4.69, 9.17) is 5.11 Å². The predicted octanol–water partition coefficient (Wildman–Crippen LogP) is 0.995. The molecule has 84 valence electrons. The van der Waals surface area contributed by atoms with Crippen molar-refractivity contribution < 1.29 is 23.4 Å². The first-order chi connectivity index (χ1) is 7.42. The Bertz CT molecular complexity index is 598. The summed E-state index contributed by atoms with van der Waals surface area (Å²) in [5.74, 6) is -1.36. The van der Waals surface area contributed by atoms with Gasteiger partial charge in [0, 0.05) is 11.0 Å². The second kappa shape index (κ2) is 3.34. The van der Waals surface area contributed by atoms with Crippen molar-refractivity contribution in [3.8, 4) is 5.75 Å². The lowest BCUT2D eigenvalue weighted by Gasteiger charge is -2.04. The number of sulfone groups is 1. The van der Waals surface area contributed by atoms with Gasteiger partial charge in [-0.3, -0.25) is 4.79 Å². The smallest absolute Gasteiger partial charge is 0.307 e. The lowest BCUT2D eigenvalue weighted by atomic mass is 10.0. The number of hydrogen-bond donors (Lipinski definition) is 2. The number of rotatable bonds is 2. The summed E-state index contributed by atoms with van der Waals surface area (Å²) in [5, 5.41) is 19.1. The highest BCUT2D eigenvalue weighted by molar-refractivity contribution is 7.95. The van der Waals surface area contributed by atoms with Crippen molar-refractivity contribution in [2.75, 3.05) is 0 Å². The largest absolute Gasteiger partial charge is 0.507 e. The second-order valence-electron chi connectivity index (χ2n) is 3.41. The fourth-order valence-electron chi connectivity index (χ4n) is 1.68. The number of benzene rings is 1. The Balaban J connectivity index is 2.67. The molecule has 0 saturated heterocycles. The van der Waals surface area contributed by atoms with E-state index < -0.39 is 22.2 Å². The van der Waals surface area contributed by atoms with E-state index in [1.807, 2.05) is 0 Å². The Morgan fingerprint density at radius 3 is 2.62 bits per heavy atom. The van der Waals surface area contributed by atoms with Gasteiger partial charge < -0.3 is 10.2 Å². The molecular formula is C10H8O5S. The standard InChI is InChI=1S/C10H8O5S/c11-7-2-1-3-8-10(7)6(4-9(12)13)5-16(8,14)15/h1-3,5,11H,4H2,(H,12,13). The zero-order chi connectivity index (χ0) is 11.9. The van der Waals surface area contributed by atoms with Crippen LogP contribution in [0.5, 0.6) is 5.75 Å². The highest BCUT2D eigenvalue weighted by Crippen LogP contribution is 2.40. The minimum Gasteiger partial charge on any atom is -0.507 e. The van der Waals surface area contributed by atoms with Gasteiger partial charge in [0.25, 0.3) is 0 Å². The summed E-state index contributed by atoms with van der Waals surface area (Å²) in [6.07, 6.45) is -0.427. The maximum absolute atomic E-state index is 11.6. The molecule has 0 unspecified atom stereocenters. The molecule has 0 bridgehead atoms. The number of carbonyl (C=O) groups is 1. The van der Waals surface area contributed by atoms with E-state index in [0.29, 0.717) is 0 Å². The molecule has 1 aromatic carbocycles. The summed E-state index contributed by atoms with van der Waals surface area (Å²) in [4.78, 5) is 10.5. The van der Waals surface area contributed by atoms with Gasteiger partial charge >= 0.3 is 5.97 Å². The van der Waals surface area contributed by atoms with E-state index in [1.165, 1.54) is 18.2 Å². The van der Waals surface area contributed by atoms with Crippen molar-refractivity contribution in [2.24, 2.45) is 0 Å². The maximum atomic E-state index is 11.6. The Hall–Kier alpha value is -1.82. The average molecular weight is 240 g/mol. The second-order valence-corrected chi connectivity index (χ2v) is 5.17. The van der Waals surface area contributed by atoms with Gasteiger partial charge in [0.05, 0.1) is 11.3 Å². The lowest BCUT2D eigenvalue weighted by Crippen LogP contribution is -1.96. The normalized spacial score (nSPS) is 16.6. The van der Waals surface area contributed by atoms with Gasteiger partial charge in [-0.1, -0.05) is 6.07 Å². The Kier molecular flexibility index (Phi) is 2.23. The Labute approximate surface area is 91.6 Å². The third-order valence-corrected chi connectivity index (χ3v) is 3.82. The van der Waals surface area contributed by atoms with Gasteiger partial charge in [0.2, 0.25) is 9.84 Å². The van der Waals surface area contributed by atoms with Crippen molar-refractivity contribution in [1.82, 2.24) is 0 Å². The highest BCUT2D eigenvalue weighted by atomic mass is 32.2. The zero-order valence-corrected chi connectivity index (χ0v) is 8.86. The molecule has 2 rings (SSSR count). The molecule has 1 aliphatic heterocycles. The van der Waals surface area contributed by atoms with Gasteiger partial charge in [-0.05, 0) is 17.7 Å². The SMILES string of the molecule is O=C(O)CC1=CS(=O)(=O)c2cccc(O)c21. The highest BCUT2D eigenvalue weighted by Gasteiger charge is 2.30. The number of phenols is 1. The molecule has 16 heavy (non-hydrogen) atoms. The number of carboxylic acid groups (broad SMARTS) is 1. The van der Waals surface area contributed by atoms with E-state index in [1.54, 1.807) is 0 Å². The van der Waals surface area contributed by atoms with Crippen LogP contribution >= 0.6 is 0 Å². The minimum atomic E-state index is -3.61. The average Bonchev–Trinajstić information content (AvgIpc) is 2.38. The van der Waals surface area contributed by atoms with E-state index in [0.717, 1.165) is 5.41 Å². The van der Waals surface area contributed by atoms with E-state index in [9.17, 15) is 18.3 Å². The molecule has 0 atom stereocenters. The molecule has 0 amide bonds. The molecule has 0 radical (unpaired) electrons. The number of hydrogen-bond acceptors (Lipinski definition) is 4. The van der Waals surface area contributed by atoms with Crippen LogP contribution in [-0.2, 0) is 14.6 Å². The molecule has 1 aromatic rings. The molecule has 1 heterocycles. The Morgan fingerprint density at radius 2 is 2.00 bits per heavy atom. The van der Waals surface area contributed by atoms with E-state index in [-0.39, 0.29) is 21.8 Å². The first-order valence-corrected chi connectivity index (χ1v) is 5.96. The van der Waals surface area contributed by atoms with Gasteiger partial charge in [-0.15, -0.1) is 0 Å². The molecule has 0 aromatic heterocycles. The van der Waals surface area contributed by atoms with Crippen LogP contribution in [0, 0.1) is 0 Å². The number of aromatic hydroxyl groups is 1. The van der Waals surface area contributed by atoms with Crippen LogP contribution in [0.2, 0.25) is 0 Å². The number of carboxylic acids is 1. The molecule has 0 fully saturated rings. The van der Waals surface area contributed by atoms with Crippen molar-refractivity contribution in [1.29, 1.82) is 0 Å². The van der Waals surface area contributed by atoms with Crippen molar-refractivity contribution in [3.63, 3.8) is 0 Å². The van der Waals surface area contributed by atoms with Gasteiger partial charge in [0.15, 0.2) is 0 Å². The van der Waals surface area contributed by atoms with E-state index >= 15 is 0 Å². The molecule has 1 aliphatic rings. The summed E-state index contributed by atoms with van der Waals surface area (Å²) in [5.41, 5.74) is 0.213. The van der Waals surface area contributed by atoms with Crippen LogP contribution in [0.25, 0.3) is 5.57 Å². The van der Waals surface area contributed by atoms with Crippen LogP contribution < -0.4 is 0 Å². The first kappa shape index (κ1) is 10.7. The Morgan fingerprint density at radius 1 is 1.31 bits per heavy atom. The third-order valence-electron chi connectivity index (χ3n) is 2.27. The van der Waals surface area contributed by atoms with Crippen molar-refractivity contribution in [2.45, 2.75) is 11.3 Å². The molecule has 2 N–H and O–H groups in total. The molecule has 0 spiro atoms. The number of fused-ring (bicyclic) bond motifs is 1. The quantitative estimate of drug-likeness (QED) is 0.804. The van der Waals surface area contributed by atoms with Gasteiger partial charge in [-0.25, -0.2) is 8.42 Å². The summed E-state index contributed by atoms with van der Waals surface area (Å²) in [6, 6.07) is 4.08. The third kappa shape index (κ3) is 1.57. The van der Waals surface area contributed by atoms with E-state index in [2.05, 4.69) is 0 Å². The van der Waals surface area contributed by atoms with Crippen LogP contribution in [0.4, 0.5) is 0 Å². The maximum Gasteiger partial charge on any atom is 0.307 e. The summed E-state index contributed by atoms with van der Waals surface area (Å²) in [7, 11) is -3.61. The topological polar surface area (TPSA) is 91.7 Å². The van der Waals surface area contributed by atoms with Gasteiger partial charge in [-0.2, -0.15) is 0 Å². The number of phenolic OH excluding ortho intramolecular Hbond substituents is 1. The predicted molar refractivity (Wildman–Crippen MR) is 55.5 cm³/mol.